The van der Waals surface area contributed by atoms with E-state index in [1.165, 1.54) is 5.56 Å². The van der Waals surface area contributed by atoms with Crippen LogP contribution in [0.5, 0.6) is 0 Å². The van der Waals surface area contributed by atoms with Crippen molar-refractivity contribution in [1.29, 1.82) is 0 Å². The van der Waals surface area contributed by atoms with Crippen LogP contribution in [0.4, 0.5) is 0 Å². The summed E-state index contributed by atoms with van der Waals surface area (Å²) in [7, 11) is 0. The van der Waals surface area contributed by atoms with Crippen LogP contribution in [-0.4, -0.2) is 16.0 Å². The van der Waals surface area contributed by atoms with Gasteiger partial charge in [0.2, 0.25) is 0 Å². The number of nitrogens with zero attached hydrogens (tertiary/aromatic N) is 1. The molecule has 0 bridgehead atoms. The Bertz CT molecular complexity index is 745. The molecule has 0 fully saturated rings. The van der Waals surface area contributed by atoms with Gasteiger partial charge in [-0.25, -0.2) is 4.79 Å². The van der Waals surface area contributed by atoms with Gasteiger partial charge in [-0.15, -0.1) is 0 Å². The maximum atomic E-state index is 11.5. The molecule has 2 rings (SSSR count). The Balaban J connectivity index is 2.38. The molecule has 0 radical (unpaired) electrons. The van der Waals surface area contributed by atoms with Crippen LogP contribution in [-0.2, 0) is 11.3 Å². The molecule has 0 aliphatic rings. The first-order valence-electron chi connectivity index (χ1n) is 8.04. The third-order valence-corrected chi connectivity index (χ3v) is 3.87. The molecule has 0 atom stereocenters. The van der Waals surface area contributed by atoms with E-state index in [0.717, 1.165) is 16.7 Å². The highest BCUT2D eigenvalue weighted by molar-refractivity contribution is 5.86. The summed E-state index contributed by atoms with van der Waals surface area (Å²) in [6, 6.07) is 16.4. The van der Waals surface area contributed by atoms with Crippen LogP contribution in [0, 0.1) is 6.92 Å². The second kappa shape index (κ2) is 8.16. The van der Waals surface area contributed by atoms with E-state index in [4.69, 9.17) is 0 Å². The summed E-state index contributed by atoms with van der Waals surface area (Å²) in [5.41, 5.74) is 4.75. The lowest BCUT2D eigenvalue weighted by Crippen LogP contribution is -2.22. The van der Waals surface area contributed by atoms with Crippen molar-refractivity contribution in [3.05, 3.63) is 84.2 Å². The fraction of sp³-hybridized carbons (Fsp3) is 0.190. The maximum Gasteiger partial charge on any atom is 0.352 e. The molecule has 0 amide bonds. The summed E-state index contributed by atoms with van der Waals surface area (Å²) < 4.78 is 0. The van der Waals surface area contributed by atoms with Gasteiger partial charge in [0, 0.05) is 6.54 Å². The summed E-state index contributed by atoms with van der Waals surface area (Å²) in [6.07, 6.45) is 3.94. The Kier molecular flexibility index (Phi) is 5.96. The normalized spacial score (nSPS) is 11.2. The topological polar surface area (TPSA) is 40.5 Å². The monoisotopic (exact) mass is 321 g/mol. The van der Waals surface area contributed by atoms with Gasteiger partial charge in [0.15, 0.2) is 0 Å². The maximum absolute atomic E-state index is 11.5. The van der Waals surface area contributed by atoms with Gasteiger partial charge < -0.3 is 10.0 Å². The van der Waals surface area contributed by atoms with Crippen molar-refractivity contribution in [3.63, 3.8) is 0 Å². The third-order valence-electron chi connectivity index (χ3n) is 3.87. The summed E-state index contributed by atoms with van der Waals surface area (Å²) in [4.78, 5) is 13.2. The summed E-state index contributed by atoms with van der Waals surface area (Å²) in [6.45, 7) is 8.22. The Hall–Kier alpha value is -2.81. The number of carboxylic acid groups (broad SMARTS) is 1. The zero-order valence-electron chi connectivity index (χ0n) is 14.2. The quantitative estimate of drug-likeness (QED) is 0.731. The predicted octanol–water partition coefficient (Wildman–Crippen LogP) is 4.99. The average molecular weight is 321 g/mol. The number of hydrogen-bond donors (Lipinski definition) is 1. The third kappa shape index (κ3) is 4.13. The Morgan fingerprint density at radius 1 is 1.17 bits per heavy atom. The highest BCUT2D eigenvalue weighted by Gasteiger charge is 2.15. The molecule has 24 heavy (non-hydrogen) atoms. The number of rotatable bonds is 7. The largest absolute Gasteiger partial charge is 0.477 e. The van der Waals surface area contributed by atoms with Crippen LogP contribution < -0.4 is 0 Å². The van der Waals surface area contributed by atoms with E-state index in [1.807, 2.05) is 25.1 Å². The van der Waals surface area contributed by atoms with Gasteiger partial charge in [0.1, 0.15) is 5.70 Å². The highest BCUT2D eigenvalue weighted by atomic mass is 16.4. The van der Waals surface area contributed by atoms with E-state index < -0.39 is 5.97 Å². The molecule has 0 spiro atoms. The number of aliphatic carboxylic acids is 1. The van der Waals surface area contributed by atoms with Gasteiger partial charge in [0.05, 0.1) is 0 Å². The van der Waals surface area contributed by atoms with Crippen molar-refractivity contribution in [2.24, 2.45) is 0 Å². The fourth-order valence-electron chi connectivity index (χ4n) is 2.63. The highest BCUT2D eigenvalue weighted by Crippen LogP contribution is 2.26. The van der Waals surface area contributed by atoms with Gasteiger partial charge in [-0.1, -0.05) is 73.7 Å². The number of carboxylic acids is 1. The minimum atomic E-state index is -0.940. The molecule has 2 aromatic carbocycles. The second-order valence-corrected chi connectivity index (χ2v) is 5.64. The Labute approximate surface area is 143 Å². The van der Waals surface area contributed by atoms with Crippen LogP contribution in [0.3, 0.4) is 0 Å². The first kappa shape index (κ1) is 17.5. The SMILES string of the molecule is C=CN(Cc1ccccc1-c1ccc(C)cc1)/C(=C\CC)C(=O)O. The van der Waals surface area contributed by atoms with E-state index in [9.17, 15) is 9.90 Å². The minimum absolute atomic E-state index is 0.256. The van der Waals surface area contributed by atoms with E-state index in [2.05, 4.69) is 43.8 Å². The van der Waals surface area contributed by atoms with Crippen LogP contribution >= 0.6 is 0 Å². The number of benzene rings is 2. The molecule has 0 aliphatic heterocycles. The Morgan fingerprint density at radius 3 is 2.42 bits per heavy atom. The minimum Gasteiger partial charge on any atom is -0.477 e. The van der Waals surface area contributed by atoms with Crippen LogP contribution in [0.1, 0.15) is 24.5 Å². The van der Waals surface area contributed by atoms with Crippen molar-refractivity contribution >= 4 is 5.97 Å². The molecule has 0 aromatic heterocycles. The molecule has 0 saturated carbocycles. The molecule has 124 valence electrons. The lowest BCUT2D eigenvalue weighted by molar-refractivity contribution is -0.134. The molecule has 0 aliphatic carbocycles. The van der Waals surface area contributed by atoms with E-state index in [1.54, 1.807) is 17.2 Å². The summed E-state index contributed by atoms with van der Waals surface area (Å²) in [5.74, 6) is -0.940. The molecule has 1 N–H and O–H groups in total. The molecule has 3 heteroatoms. The van der Waals surface area contributed by atoms with Crippen molar-refractivity contribution in [2.45, 2.75) is 26.8 Å². The number of carbonyl (C=O) groups is 1. The molecule has 0 heterocycles. The molecule has 2 aromatic rings. The van der Waals surface area contributed by atoms with E-state index >= 15 is 0 Å². The lowest BCUT2D eigenvalue weighted by Gasteiger charge is -2.22. The number of hydrogen-bond acceptors (Lipinski definition) is 2. The number of aryl methyl sites for hydroxylation is 1. The summed E-state index contributed by atoms with van der Waals surface area (Å²) >= 11 is 0. The summed E-state index contributed by atoms with van der Waals surface area (Å²) in [5, 5.41) is 9.44. The fourth-order valence-corrected chi connectivity index (χ4v) is 2.63. The van der Waals surface area contributed by atoms with Crippen molar-refractivity contribution in [2.75, 3.05) is 0 Å². The van der Waals surface area contributed by atoms with Gasteiger partial charge >= 0.3 is 5.97 Å². The van der Waals surface area contributed by atoms with Gasteiger partial charge in [-0.3, -0.25) is 0 Å². The smallest absolute Gasteiger partial charge is 0.352 e. The molecular weight excluding hydrogens is 298 g/mol. The first-order chi connectivity index (χ1) is 11.6. The van der Waals surface area contributed by atoms with Crippen LogP contribution in [0.15, 0.2) is 73.1 Å². The molecule has 0 saturated heterocycles. The van der Waals surface area contributed by atoms with Gasteiger partial charge in [0.25, 0.3) is 0 Å². The Morgan fingerprint density at radius 2 is 1.83 bits per heavy atom. The zero-order valence-corrected chi connectivity index (χ0v) is 14.2. The second-order valence-electron chi connectivity index (χ2n) is 5.64. The lowest BCUT2D eigenvalue weighted by atomic mass is 9.98. The molecular formula is C21H23NO2. The average Bonchev–Trinajstić information content (AvgIpc) is 2.59. The molecule has 0 unspecified atom stereocenters. The standard InChI is InChI=1S/C21H23NO2/c1-4-8-20(21(23)24)22(5-2)15-18-9-6-7-10-19(18)17-13-11-16(3)12-14-17/h5-14H,2,4,15H2,1,3H3,(H,23,24)/b20-8-. The van der Waals surface area contributed by atoms with Crippen LogP contribution in [0.25, 0.3) is 11.1 Å². The van der Waals surface area contributed by atoms with Crippen molar-refractivity contribution < 1.29 is 9.90 Å². The number of allylic oxidation sites excluding steroid dienone is 1. The van der Waals surface area contributed by atoms with Crippen molar-refractivity contribution in [3.8, 4) is 11.1 Å². The zero-order chi connectivity index (χ0) is 17.5. The van der Waals surface area contributed by atoms with Gasteiger partial charge in [-0.05, 0) is 36.2 Å². The van der Waals surface area contributed by atoms with E-state index in [-0.39, 0.29) is 5.70 Å². The van der Waals surface area contributed by atoms with E-state index in [0.29, 0.717) is 13.0 Å². The predicted molar refractivity (Wildman–Crippen MR) is 98.4 cm³/mol. The van der Waals surface area contributed by atoms with Crippen molar-refractivity contribution in [1.82, 2.24) is 4.90 Å². The van der Waals surface area contributed by atoms with Gasteiger partial charge in [-0.2, -0.15) is 0 Å². The first-order valence-corrected chi connectivity index (χ1v) is 8.04. The molecule has 3 nitrogen and oxygen atoms in total. The van der Waals surface area contributed by atoms with Crippen LogP contribution in [0.2, 0.25) is 0 Å².